The number of hydrogen-bond donors (Lipinski definition) is 0. The first-order valence-electron chi connectivity index (χ1n) is 8.91. The molecule has 23 heavy (non-hydrogen) atoms. The molecule has 1 aromatic heterocycles. The van der Waals surface area contributed by atoms with Crippen LogP contribution in [-0.4, -0.2) is 33.4 Å². The first-order valence-corrected chi connectivity index (χ1v) is 8.91. The summed E-state index contributed by atoms with van der Waals surface area (Å²) in [5, 5.41) is 0. The van der Waals surface area contributed by atoms with Crippen LogP contribution in [0.3, 0.4) is 0 Å². The van der Waals surface area contributed by atoms with Crippen LogP contribution in [0.25, 0.3) is 0 Å². The molecule has 1 atom stereocenters. The molecule has 0 aliphatic carbocycles. The Morgan fingerprint density at radius 2 is 1.74 bits per heavy atom. The van der Waals surface area contributed by atoms with Crippen molar-refractivity contribution in [1.82, 2.24) is 14.9 Å². The second-order valence-corrected chi connectivity index (χ2v) is 7.34. The maximum atomic E-state index is 12.9. The largest absolute Gasteiger partial charge is 0.335 e. The Hall–Kier alpha value is -1.45. The lowest BCUT2D eigenvalue weighted by Gasteiger charge is -2.30. The van der Waals surface area contributed by atoms with Crippen molar-refractivity contribution in [3.8, 4) is 0 Å². The van der Waals surface area contributed by atoms with E-state index in [1.54, 1.807) is 12.3 Å². The number of nitrogens with zero attached hydrogens (tertiary/aromatic N) is 3. The molecule has 0 bridgehead atoms. The summed E-state index contributed by atoms with van der Waals surface area (Å²) in [5.74, 6) is 1.98. The van der Waals surface area contributed by atoms with Gasteiger partial charge in [-0.25, -0.2) is 9.97 Å². The molecule has 1 heterocycles. The summed E-state index contributed by atoms with van der Waals surface area (Å²) in [6.07, 6.45) is 6.10. The Morgan fingerprint density at radius 1 is 1.09 bits per heavy atom. The zero-order valence-corrected chi connectivity index (χ0v) is 15.7. The molecule has 0 spiro atoms. The summed E-state index contributed by atoms with van der Waals surface area (Å²) >= 11 is 0. The zero-order valence-electron chi connectivity index (χ0n) is 15.7. The maximum absolute atomic E-state index is 12.9. The third-order valence-electron chi connectivity index (χ3n) is 4.14. The van der Waals surface area contributed by atoms with Gasteiger partial charge in [0.05, 0.1) is 0 Å². The molecule has 0 N–H and O–H groups in total. The van der Waals surface area contributed by atoms with E-state index >= 15 is 0 Å². The van der Waals surface area contributed by atoms with Crippen LogP contribution in [0.1, 0.15) is 76.6 Å². The molecule has 0 aliphatic heterocycles. The Balaban J connectivity index is 2.79. The van der Waals surface area contributed by atoms with Crippen molar-refractivity contribution in [3.63, 3.8) is 0 Å². The molecule has 0 saturated carbocycles. The molecule has 4 nitrogen and oxygen atoms in total. The van der Waals surface area contributed by atoms with Crippen LogP contribution in [0.4, 0.5) is 0 Å². The average molecular weight is 319 g/mol. The minimum atomic E-state index is 0.0354. The number of hydrogen-bond acceptors (Lipinski definition) is 3. The van der Waals surface area contributed by atoms with E-state index in [0.29, 0.717) is 23.4 Å². The van der Waals surface area contributed by atoms with Gasteiger partial charge in [0.15, 0.2) is 0 Å². The van der Waals surface area contributed by atoms with Crippen molar-refractivity contribution < 1.29 is 4.79 Å². The van der Waals surface area contributed by atoms with Crippen molar-refractivity contribution in [2.24, 2.45) is 11.8 Å². The monoisotopic (exact) mass is 319 g/mol. The summed E-state index contributed by atoms with van der Waals surface area (Å²) in [6, 6.07) is 1.97. The van der Waals surface area contributed by atoms with E-state index in [4.69, 9.17) is 0 Å². The van der Waals surface area contributed by atoms with Crippen LogP contribution < -0.4 is 0 Å². The van der Waals surface area contributed by atoms with E-state index in [-0.39, 0.29) is 11.9 Å². The fourth-order valence-electron chi connectivity index (χ4n) is 2.62. The van der Waals surface area contributed by atoms with Gasteiger partial charge < -0.3 is 4.90 Å². The zero-order chi connectivity index (χ0) is 17.4. The molecule has 1 rings (SSSR count). The SMILES string of the molecule is Cc1nccc(C(=O)N(CCC(C)C)[C@H](C)CCCC(C)C)n1. The van der Waals surface area contributed by atoms with Gasteiger partial charge in [0.25, 0.3) is 5.91 Å². The van der Waals surface area contributed by atoms with Gasteiger partial charge in [-0.3, -0.25) is 4.79 Å². The number of rotatable bonds is 9. The predicted molar refractivity (Wildman–Crippen MR) is 95.4 cm³/mol. The van der Waals surface area contributed by atoms with Crippen molar-refractivity contribution >= 4 is 5.91 Å². The Bertz CT molecular complexity index is 485. The first kappa shape index (κ1) is 19.6. The highest BCUT2D eigenvalue weighted by Gasteiger charge is 2.22. The van der Waals surface area contributed by atoms with Crippen molar-refractivity contribution in [1.29, 1.82) is 0 Å². The van der Waals surface area contributed by atoms with E-state index in [9.17, 15) is 4.79 Å². The van der Waals surface area contributed by atoms with E-state index in [1.165, 1.54) is 6.42 Å². The molecule has 0 aliphatic rings. The van der Waals surface area contributed by atoms with Gasteiger partial charge in [0.2, 0.25) is 0 Å². The van der Waals surface area contributed by atoms with E-state index in [0.717, 1.165) is 25.8 Å². The molecule has 0 aromatic carbocycles. The van der Waals surface area contributed by atoms with Gasteiger partial charge >= 0.3 is 0 Å². The van der Waals surface area contributed by atoms with Crippen LogP contribution in [0.5, 0.6) is 0 Å². The van der Waals surface area contributed by atoms with Gasteiger partial charge in [-0.05, 0) is 44.6 Å². The summed E-state index contributed by atoms with van der Waals surface area (Å²) in [5.41, 5.74) is 0.511. The Labute approximate surface area is 141 Å². The second kappa shape index (κ2) is 9.64. The molecule has 4 heteroatoms. The van der Waals surface area contributed by atoms with Crippen LogP contribution in [0.15, 0.2) is 12.3 Å². The number of carbonyl (C=O) groups is 1. The highest BCUT2D eigenvalue weighted by Crippen LogP contribution is 2.16. The molecule has 0 saturated heterocycles. The summed E-state index contributed by atoms with van der Waals surface area (Å²) in [4.78, 5) is 23.3. The lowest BCUT2D eigenvalue weighted by molar-refractivity contribution is 0.0665. The van der Waals surface area contributed by atoms with Crippen molar-refractivity contribution in [2.45, 2.75) is 73.3 Å². The fraction of sp³-hybridized carbons (Fsp3) is 0.737. The van der Waals surface area contributed by atoms with Crippen molar-refractivity contribution in [2.75, 3.05) is 6.54 Å². The quantitative estimate of drug-likeness (QED) is 0.674. The first-order chi connectivity index (χ1) is 10.8. The summed E-state index contributed by atoms with van der Waals surface area (Å²) in [7, 11) is 0. The molecule has 0 fully saturated rings. The van der Waals surface area contributed by atoms with E-state index in [2.05, 4.69) is 44.6 Å². The standard InChI is InChI=1S/C19H33N3O/c1-14(2)8-7-9-16(5)22(13-11-15(3)4)19(23)18-10-12-20-17(6)21-18/h10,12,14-16H,7-9,11,13H2,1-6H3/t16-/m1/s1. The second-order valence-electron chi connectivity index (χ2n) is 7.34. The number of carbonyl (C=O) groups excluding carboxylic acids is 1. The Kier molecular flexibility index (Phi) is 8.21. The van der Waals surface area contributed by atoms with Crippen molar-refractivity contribution in [3.05, 3.63) is 23.8 Å². The molecule has 0 radical (unpaired) electrons. The predicted octanol–water partition coefficient (Wildman–Crippen LogP) is 4.49. The van der Waals surface area contributed by atoms with Crippen LogP contribution in [-0.2, 0) is 0 Å². The summed E-state index contributed by atoms with van der Waals surface area (Å²) in [6.45, 7) is 13.7. The van der Waals surface area contributed by atoms with Gasteiger partial charge in [-0.2, -0.15) is 0 Å². The smallest absolute Gasteiger partial charge is 0.272 e. The molecule has 130 valence electrons. The topological polar surface area (TPSA) is 46.1 Å². The third kappa shape index (κ3) is 7.10. The minimum absolute atomic E-state index is 0.0354. The molecular weight excluding hydrogens is 286 g/mol. The highest BCUT2D eigenvalue weighted by molar-refractivity contribution is 5.92. The number of aromatic nitrogens is 2. The third-order valence-corrected chi connectivity index (χ3v) is 4.14. The van der Waals surface area contributed by atoms with Gasteiger partial charge in [0.1, 0.15) is 11.5 Å². The van der Waals surface area contributed by atoms with Gasteiger partial charge in [-0.15, -0.1) is 0 Å². The van der Waals surface area contributed by atoms with Gasteiger partial charge in [-0.1, -0.05) is 40.5 Å². The fourth-order valence-corrected chi connectivity index (χ4v) is 2.62. The lowest BCUT2D eigenvalue weighted by Crippen LogP contribution is -2.40. The van der Waals surface area contributed by atoms with Crippen LogP contribution in [0.2, 0.25) is 0 Å². The van der Waals surface area contributed by atoms with Crippen LogP contribution in [0, 0.1) is 18.8 Å². The lowest BCUT2D eigenvalue weighted by atomic mass is 10.0. The number of amides is 1. The molecule has 1 amide bonds. The maximum Gasteiger partial charge on any atom is 0.272 e. The molecule has 1 aromatic rings. The molecular formula is C19H33N3O. The average Bonchev–Trinajstić information content (AvgIpc) is 2.46. The van der Waals surface area contributed by atoms with E-state index < -0.39 is 0 Å². The summed E-state index contributed by atoms with van der Waals surface area (Å²) < 4.78 is 0. The van der Waals surface area contributed by atoms with Gasteiger partial charge in [0, 0.05) is 18.8 Å². The minimum Gasteiger partial charge on any atom is -0.335 e. The Morgan fingerprint density at radius 3 is 2.30 bits per heavy atom. The van der Waals surface area contributed by atoms with E-state index in [1.807, 2.05) is 11.8 Å². The molecule has 0 unspecified atom stereocenters. The van der Waals surface area contributed by atoms with Crippen LogP contribution >= 0.6 is 0 Å². The number of aryl methyl sites for hydroxylation is 1. The normalized spacial score (nSPS) is 12.7. The highest BCUT2D eigenvalue weighted by atomic mass is 16.2.